The van der Waals surface area contributed by atoms with E-state index >= 15 is 0 Å². The minimum atomic E-state index is -0.203. The van der Waals surface area contributed by atoms with E-state index in [-0.39, 0.29) is 6.03 Å². The molecule has 0 aliphatic heterocycles. The van der Waals surface area contributed by atoms with Gasteiger partial charge in [0.05, 0.1) is 6.61 Å². The molecule has 0 unspecified atom stereocenters. The van der Waals surface area contributed by atoms with Gasteiger partial charge in [0.1, 0.15) is 5.75 Å². The molecule has 0 fully saturated rings. The minimum absolute atomic E-state index is 0.203. The van der Waals surface area contributed by atoms with Gasteiger partial charge in [-0.3, -0.25) is 0 Å². The summed E-state index contributed by atoms with van der Waals surface area (Å²) in [6, 6.07) is 21.7. The van der Waals surface area contributed by atoms with Crippen molar-refractivity contribution in [1.29, 1.82) is 0 Å². The highest BCUT2D eigenvalue weighted by Crippen LogP contribution is 2.18. The number of rotatable bonds is 6. The van der Waals surface area contributed by atoms with Crippen molar-refractivity contribution >= 4 is 22.5 Å². The van der Waals surface area contributed by atoms with Crippen molar-refractivity contribution in [1.82, 2.24) is 5.32 Å². The number of ether oxygens (including phenoxy) is 1. The molecule has 0 heterocycles. The molecule has 0 bridgehead atoms. The quantitative estimate of drug-likeness (QED) is 0.640. The number of aryl methyl sites for hydroxylation is 1. The van der Waals surface area contributed by atoms with Gasteiger partial charge in [0.2, 0.25) is 0 Å². The zero-order valence-electron chi connectivity index (χ0n) is 14.3. The Bertz CT molecular complexity index is 844. The smallest absolute Gasteiger partial charge is 0.319 e. The van der Waals surface area contributed by atoms with Gasteiger partial charge in [-0.2, -0.15) is 0 Å². The van der Waals surface area contributed by atoms with E-state index in [4.69, 9.17) is 4.74 Å². The average molecular weight is 334 g/mol. The van der Waals surface area contributed by atoms with Crippen LogP contribution >= 0.6 is 0 Å². The fourth-order valence-corrected chi connectivity index (χ4v) is 2.54. The molecule has 128 valence electrons. The van der Waals surface area contributed by atoms with Crippen LogP contribution in [0.15, 0.2) is 66.7 Å². The molecule has 0 saturated carbocycles. The maximum Gasteiger partial charge on any atom is 0.319 e. The Hall–Kier alpha value is -3.01. The summed E-state index contributed by atoms with van der Waals surface area (Å²) in [5.41, 5.74) is 1.99. The van der Waals surface area contributed by atoms with Crippen molar-refractivity contribution in [3.05, 3.63) is 72.3 Å². The van der Waals surface area contributed by atoms with Crippen LogP contribution in [0.3, 0.4) is 0 Å². The molecule has 0 aliphatic carbocycles. The summed E-state index contributed by atoms with van der Waals surface area (Å²) >= 11 is 0. The van der Waals surface area contributed by atoms with Crippen molar-refractivity contribution in [2.75, 3.05) is 18.5 Å². The first-order valence-electron chi connectivity index (χ1n) is 8.44. The van der Waals surface area contributed by atoms with Gasteiger partial charge < -0.3 is 15.4 Å². The van der Waals surface area contributed by atoms with Crippen LogP contribution in [0.5, 0.6) is 5.75 Å². The van der Waals surface area contributed by atoms with Crippen LogP contribution in [0.2, 0.25) is 0 Å². The second-order valence-electron chi connectivity index (χ2n) is 5.96. The van der Waals surface area contributed by atoms with Crippen molar-refractivity contribution in [2.45, 2.75) is 13.3 Å². The van der Waals surface area contributed by atoms with Crippen LogP contribution in [-0.4, -0.2) is 19.2 Å². The van der Waals surface area contributed by atoms with Crippen molar-refractivity contribution in [3.8, 4) is 5.75 Å². The highest BCUT2D eigenvalue weighted by Gasteiger charge is 2.02. The van der Waals surface area contributed by atoms with Gasteiger partial charge in [-0.15, -0.1) is 0 Å². The number of anilines is 1. The van der Waals surface area contributed by atoms with Gasteiger partial charge in [-0.25, -0.2) is 4.79 Å². The van der Waals surface area contributed by atoms with Crippen LogP contribution in [-0.2, 0) is 0 Å². The molecule has 0 saturated heterocycles. The molecule has 4 heteroatoms. The lowest BCUT2D eigenvalue weighted by atomic mass is 10.1. The van der Waals surface area contributed by atoms with E-state index < -0.39 is 0 Å². The number of fused-ring (bicyclic) bond motifs is 1. The van der Waals surface area contributed by atoms with Gasteiger partial charge in [-0.1, -0.05) is 48.0 Å². The third-order valence-electron chi connectivity index (χ3n) is 3.90. The summed E-state index contributed by atoms with van der Waals surface area (Å²) in [7, 11) is 0. The molecule has 4 nitrogen and oxygen atoms in total. The molecule has 0 spiro atoms. The van der Waals surface area contributed by atoms with E-state index in [9.17, 15) is 4.79 Å². The number of nitrogens with one attached hydrogen (secondary N) is 2. The molecule has 25 heavy (non-hydrogen) atoms. The molecular formula is C21H22N2O2. The summed E-state index contributed by atoms with van der Waals surface area (Å²) in [6.45, 7) is 3.17. The second-order valence-corrected chi connectivity index (χ2v) is 5.96. The highest BCUT2D eigenvalue weighted by molar-refractivity contribution is 5.93. The number of amides is 2. The monoisotopic (exact) mass is 334 g/mol. The molecule has 2 amide bonds. The number of carbonyl (C=O) groups excluding carboxylic acids is 1. The number of hydrogen-bond donors (Lipinski definition) is 2. The molecular weight excluding hydrogens is 312 g/mol. The Morgan fingerprint density at radius 1 is 0.960 bits per heavy atom. The molecule has 0 aliphatic rings. The Balaban J connectivity index is 1.39. The molecule has 3 aromatic rings. The Kier molecular flexibility index (Phi) is 5.52. The average Bonchev–Trinajstić information content (AvgIpc) is 2.63. The summed E-state index contributed by atoms with van der Waals surface area (Å²) in [4.78, 5) is 12.0. The lowest BCUT2D eigenvalue weighted by molar-refractivity contribution is 0.250. The van der Waals surface area contributed by atoms with E-state index in [0.29, 0.717) is 13.2 Å². The minimum Gasteiger partial charge on any atom is -0.494 e. The van der Waals surface area contributed by atoms with Crippen LogP contribution in [0, 0.1) is 6.92 Å². The molecule has 3 aromatic carbocycles. The van der Waals surface area contributed by atoms with Crippen molar-refractivity contribution < 1.29 is 9.53 Å². The second kappa shape index (κ2) is 8.20. The summed E-state index contributed by atoms with van der Waals surface area (Å²) in [5.74, 6) is 0.853. The first-order chi connectivity index (χ1) is 12.2. The Labute approximate surface area is 147 Å². The highest BCUT2D eigenvalue weighted by atomic mass is 16.5. The summed E-state index contributed by atoms with van der Waals surface area (Å²) < 4.78 is 5.64. The van der Waals surface area contributed by atoms with Crippen molar-refractivity contribution in [2.24, 2.45) is 0 Å². The van der Waals surface area contributed by atoms with Gasteiger partial charge in [-0.05, 0) is 48.4 Å². The SMILES string of the molecule is Cc1ccc(OCCCNC(=O)Nc2ccc3ccccc3c2)cc1. The first-order valence-corrected chi connectivity index (χ1v) is 8.44. The van der Waals surface area contributed by atoms with Crippen LogP contribution in [0.25, 0.3) is 10.8 Å². The van der Waals surface area contributed by atoms with Gasteiger partial charge in [0.25, 0.3) is 0 Å². The van der Waals surface area contributed by atoms with E-state index in [2.05, 4.69) is 10.6 Å². The van der Waals surface area contributed by atoms with Crippen LogP contribution < -0.4 is 15.4 Å². The van der Waals surface area contributed by atoms with Crippen LogP contribution in [0.1, 0.15) is 12.0 Å². The number of urea groups is 1. The topological polar surface area (TPSA) is 50.4 Å². The zero-order valence-corrected chi connectivity index (χ0v) is 14.3. The Morgan fingerprint density at radius 3 is 2.52 bits per heavy atom. The maximum atomic E-state index is 12.0. The maximum absolute atomic E-state index is 12.0. The third-order valence-corrected chi connectivity index (χ3v) is 3.90. The van der Waals surface area contributed by atoms with Crippen molar-refractivity contribution in [3.63, 3.8) is 0 Å². The van der Waals surface area contributed by atoms with E-state index in [0.717, 1.165) is 28.6 Å². The zero-order chi connectivity index (χ0) is 17.5. The molecule has 0 radical (unpaired) electrons. The van der Waals surface area contributed by atoms with Gasteiger partial charge in [0, 0.05) is 12.2 Å². The van der Waals surface area contributed by atoms with E-state index in [1.165, 1.54) is 5.56 Å². The summed E-state index contributed by atoms with van der Waals surface area (Å²) in [6.07, 6.45) is 0.749. The first kappa shape index (κ1) is 16.8. The number of hydrogen-bond acceptors (Lipinski definition) is 2. The number of carbonyl (C=O) groups is 1. The predicted molar refractivity (Wildman–Crippen MR) is 102 cm³/mol. The molecule has 0 aromatic heterocycles. The predicted octanol–water partition coefficient (Wildman–Crippen LogP) is 4.74. The van der Waals surface area contributed by atoms with Gasteiger partial charge in [0.15, 0.2) is 0 Å². The fourth-order valence-electron chi connectivity index (χ4n) is 2.54. The molecule has 0 atom stereocenters. The third kappa shape index (κ3) is 4.98. The largest absolute Gasteiger partial charge is 0.494 e. The lowest BCUT2D eigenvalue weighted by Crippen LogP contribution is -2.30. The van der Waals surface area contributed by atoms with Gasteiger partial charge >= 0.3 is 6.03 Å². The Morgan fingerprint density at radius 2 is 1.72 bits per heavy atom. The summed E-state index contributed by atoms with van der Waals surface area (Å²) in [5, 5.41) is 7.96. The normalized spacial score (nSPS) is 10.4. The lowest BCUT2D eigenvalue weighted by Gasteiger charge is -2.09. The fraction of sp³-hybridized carbons (Fsp3) is 0.190. The van der Waals surface area contributed by atoms with E-state index in [1.54, 1.807) is 0 Å². The molecule has 3 rings (SSSR count). The van der Waals surface area contributed by atoms with E-state index in [1.807, 2.05) is 73.7 Å². The van der Waals surface area contributed by atoms with Crippen LogP contribution in [0.4, 0.5) is 10.5 Å². The number of benzene rings is 3. The standard InChI is InChI=1S/C21H22N2O2/c1-16-7-11-20(12-8-16)25-14-4-13-22-21(24)23-19-10-9-17-5-2-3-6-18(17)15-19/h2-3,5-12,15H,4,13-14H2,1H3,(H2,22,23,24). The molecule has 2 N–H and O–H groups in total.